The minimum atomic E-state index is -0.471. The van der Waals surface area contributed by atoms with Gasteiger partial charge in [0.1, 0.15) is 6.54 Å². The summed E-state index contributed by atoms with van der Waals surface area (Å²) in [6.07, 6.45) is 4.59. The number of carbonyl (C=O) groups excluding carboxylic acids is 3. The fourth-order valence-corrected chi connectivity index (χ4v) is 4.57. The van der Waals surface area contributed by atoms with Crippen LogP contribution in [0.5, 0.6) is 11.5 Å². The lowest BCUT2D eigenvalue weighted by Gasteiger charge is -2.27. The highest BCUT2D eigenvalue weighted by Crippen LogP contribution is 2.36. The van der Waals surface area contributed by atoms with E-state index in [2.05, 4.69) is 0 Å². The van der Waals surface area contributed by atoms with Crippen LogP contribution in [0.15, 0.2) is 17.0 Å². The van der Waals surface area contributed by atoms with Crippen molar-refractivity contribution in [2.24, 2.45) is 0 Å². The number of hydrogen-bond donors (Lipinski definition) is 1. The Kier molecular flexibility index (Phi) is 6.86. The molecule has 2 fully saturated rings. The van der Waals surface area contributed by atoms with Crippen molar-refractivity contribution in [2.75, 3.05) is 26.2 Å². The predicted octanol–water partition coefficient (Wildman–Crippen LogP) is 3.44. The molecule has 2 heterocycles. The van der Waals surface area contributed by atoms with E-state index in [1.807, 2.05) is 29.5 Å². The maximum atomic E-state index is 12.7. The molecule has 3 amide bonds. The Morgan fingerprint density at radius 3 is 2.68 bits per heavy atom. The lowest BCUT2D eigenvalue weighted by molar-refractivity contribution is -0.136. The Bertz CT molecular complexity index is 836. The van der Waals surface area contributed by atoms with Crippen LogP contribution in [0.4, 0.5) is 4.79 Å². The molecule has 0 radical (unpaired) electrons. The van der Waals surface area contributed by atoms with E-state index in [0.717, 1.165) is 35.9 Å². The summed E-state index contributed by atoms with van der Waals surface area (Å²) in [6, 6.07) is 3.32. The zero-order valence-electron chi connectivity index (χ0n) is 15.4. The number of aromatic hydroxyl groups is 1. The number of phenolic OH excluding ortho intramolecular Hbond substituents is 1. The zero-order chi connectivity index (χ0) is 20.3. The van der Waals surface area contributed by atoms with Gasteiger partial charge in [0.25, 0.3) is 11.1 Å². The number of likely N-dealkylation sites (tertiary alicyclic amines) is 1. The van der Waals surface area contributed by atoms with Gasteiger partial charge in [0.2, 0.25) is 5.91 Å². The third-order valence-electron chi connectivity index (χ3n) is 4.52. The third kappa shape index (κ3) is 4.62. The van der Waals surface area contributed by atoms with Crippen molar-refractivity contribution in [3.8, 4) is 11.5 Å². The van der Waals surface area contributed by atoms with E-state index in [9.17, 15) is 19.5 Å². The molecule has 0 spiro atoms. The number of imide groups is 1. The summed E-state index contributed by atoms with van der Waals surface area (Å²) in [4.78, 5) is 40.3. The summed E-state index contributed by atoms with van der Waals surface area (Å²) >= 11 is 2.79. The van der Waals surface area contributed by atoms with Gasteiger partial charge in [0.05, 0.1) is 15.1 Å². The summed E-state index contributed by atoms with van der Waals surface area (Å²) in [6.45, 7) is 3.33. The first-order valence-electron chi connectivity index (χ1n) is 9.09. The molecule has 0 aromatic heterocycles. The first-order valence-corrected chi connectivity index (χ1v) is 11.0. The average molecular weight is 516 g/mol. The third-order valence-corrected chi connectivity index (χ3v) is 6.25. The van der Waals surface area contributed by atoms with Crippen molar-refractivity contribution in [3.05, 3.63) is 26.2 Å². The fourth-order valence-electron chi connectivity index (χ4n) is 3.11. The Hall–Kier alpha value is -1.75. The van der Waals surface area contributed by atoms with E-state index in [1.54, 1.807) is 23.1 Å². The number of ether oxygens (including phenoxy) is 1. The number of piperidine rings is 1. The zero-order valence-corrected chi connectivity index (χ0v) is 18.4. The Morgan fingerprint density at radius 2 is 2.00 bits per heavy atom. The van der Waals surface area contributed by atoms with Gasteiger partial charge in [0.15, 0.2) is 11.5 Å². The van der Waals surface area contributed by atoms with Crippen LogP contribution in [0.1, 0.15) is 31.7 Å². The minimum absolute atomic E-state index is 0.0415. The van der Waals surface area contributed by atoms with E-state index >= 15 is 0 Å². The molecule has 2 aliphatic rings. The van der Waals surface area contributed by atoms with Crippen molar-refractivity contribution >= 4 is 57.5 Å². The molecule has 28 heavy (non-hydrogen) atoms. The fraction of sp³-hybridized carbons (Fsp3) is 0.421. The lowest BCUT2D eigenvalue weighted by Crippen LogP contribution is -2.44. The molecule has 3 rings (SSSR count). The van der Waals surface area contributed by atoms with Crippen molar-refractivity contribution < 1.29 is 24.2 Å². The number of carbonyl (C=O) groups is 3. The van der Waals surface area contributed by atoms with Crippen molar-refractivity contribution in [1.29, 1.82) is 0 Å². The highest BCUT2D eigenvalue weighted by molar-refractivity contribution is 14.1. The van der Waals surface area contributed by atoms with Gasteiger partial charge in [-0.2, -0.15) is 0 Å². The molecular formula is C19H21IN2O5S. The summed E-state index contributed by atoms with van der Waals surface area (Å²) in [5.74, 6) is -0.303. The van der Waals surface area contributed by atoms with Crippen molar-refractivity contribution in [3.63, 3.8) is 0 Å². The van der Waals surface area contributed by atoms with Gasteiger partial charge in [0, 0.05) is 13.1 Å². The summed E-state index contributed by atoms with van der Waals surface area (Å²) in [5, 5.41) is 9.60. The number of hydrogen-bond acceptors (Lipinski definition) is 6. The molecule has 1 N–H and O–H groups in total. The van der Waals surface area contributed by atoms with Gasteiger partial charge in [-0.25, -0.2) is 0 Å². The number of rotatable bonds is 5. The molecule has 2 saturated heterocycles. The number of halogens is 1. The molecule has 0 bridgehead atoms. The standard InChI is InChI=1S/C19H21IN2O5S/c1-2-27-14-9-12(8-13(20)17(14)24)10-15-18(25)22(19(26)28-15)11-16(23)21-6-4-3-5-7-21/h8-10,24H,2-7,11H2,1H3/b15-10-. The second-order valence-corrected chi connectivity index (χ2v) is 8.65. The van der Waals surface area contributed by atoms with E-state index in [0.29, 0.717) is 34.6 Å². The van der Waals surface area contributed by atoms with Crippen LogP contribution >= 0.6 is 34.4 Å². The van der Waals surface area contributed by atoms with Crippen molar-refractivity contribution in [1.82, 2.24) is 9.80 Å². The molecule has 1 aromatic carbocycles. The molecule has 9 heteroatoms. The molecule has 1 aromatic rings. The van der Waals surface area contributed by atoms with E-state index in [1.165, 1.54) is 0 Å². The first kappa shape index (κ1) is 21.0. The van der Waals surface area contributed by atoms with E-state index in [4.69, 9.17) is 4.74 Å². The molecular weight excluding hydrogens is 495 g/mol. The predicted molar refractivity (Wildman–Crippen MR) is 115 cm³/mol. The van der Waals surface area contributed by atoms with Crippen molar-refractivity contribution in [2.45, 2.75) is 26.2 Å². The van der Waals surface area contributed by atoms with Crippen LogP contribution in [0, 0.1) is 3.57 Å². The second kappa shape index (κ2) is 9.17. The SMILES string of the molecule is CCOc1cc(/C=C2\SC(=O)N(CC(=O)N3CCCCC3)C2=O)cc(I)c1O. The van der Waals surface area contributed by atoms with Gasteiger partial charge >= 0.3 is 0 Å². The highest BCUT2D eigenvalue weighted by Gasteiger charge is 2.37. The van der Waals surface area contributed by atoms with Crippen LogP contribution in [-0.2, 0) is 9.59 Å². The normalized spacial score (nSPS) is 18.9. The summed E-state index contributed by atoms with van der Waals surface area (Å²) in [5.41, 5.74) is 0.638. The number of nitrogens with zero attached hydrogens (tertiary/aromatic N) is 2. The maximum absolute atomic E-state index is 12.7. The van der Waals surface area contributed by atoms with E-state index < -0.39 is 11.1 Å². The van der Waals surface area contributed by atoms with Gasteiger partial charge in [-0.1, -0.05) is 0 Å². The average Bonchev–Trinajstić information content (AvgIpc) is 2.94. The monoisotopic (exact) mass is 516 g/mol. The van der Waals surface area contributed by atoms with E-state index in [-0.39, 0.29) is 23.1 Å². The Morgan fingerprint density at radius 1 is 1.29 bits per heavy atom. The largest absolute Gasteiger partial charge is 0.504 e. The molecule has 0 atom stereocenters. The van der Waals surface area contributed by atoms with Crippen LogP contribution in [0.3, 0.4) is 0 Å². The molecule has 150 valence electrons. The summed E-state index contributed by atoms with van der Waals surface area (Å²) < 4.78 is 5.99. The Labute approximate surface area is 181 Å². The topological polar surface area (TPSA) is 87.2 Å². The van der Waals surface area contributed by atoms with Gasteiger partial charge in [-0.15, -0.1) is 0 Å². The molecule has 0 saturated carbocycles. The van der Waals surface area contributed by atoms with Crippen LogP contribution in [0.2, 0.25) is 0 Å². The second-order valence-electron chi connectivity index (χ2n) is 6.49. The lowest BCUT2D eigenvalue weighted by atomic mass is 10.1. The smallest absolute Gasteiger partial charge is 0.294 e. The van der Waals surface area contributed by atoms with Gasteiger partial charge in [-0.05, 0) is 84.3 Å². The molecule has 0 unspecified atom stereocenters. The quantitative estimate of drug-likeness (QED) is 0.477. The number of phenols is 1. The minimum Gasteiger partial charge on any atom is -0.504 e. The Balaban J connectivity index is 1.76. The number of amides is 3. The number of benzene rings is 1. The summed E-state index contributed by atoms with van der Waals surface area (Å²) in [7, 11) is 0. The van der Waals surface area contributed by atoms with Crippen LogP contribution in [-0.4, -0.2) is 58.2 Å². The number of thioether (sulfide) groups is 1. The molecule has 7 nitrogen and oxygen atoms in total. The van der Waals surface area contributed by atoms with Crippen LogP contribution < -0.4 is 4.74 Å². The van der Waals surface area contributed by atoms with Gasteiger partial charge < -0.3 is 14.7 Å². The maximum Gasteiger partial charge on any atom is 0.294 e. The molecule has 0 aliphatic carbocycles. The van der Waals surface area contributed by atoms with Gasteiger partial charge in [-0.3, -0.25) is 19.3 Å². The highest BCUT2D eigenvalue weighted by atomic mass is 127. The molecule has 2 aliphatic heterocycles. The van der Waals surface area contributed by atoms with Crippen LogP contribution in [0.25, 0.3) is 6.08 Å². The first-order chi connectivity index (χ1) is 13.4.